The maximum atomic E-state index is 9.69. The van der Waals surface area contributed by atoms with Crippen LogP contribution in [-0.2, 0) is 0 Å². The predicted octanol–water partition coefficient (Wildman–Crippen LogP) is 3.76. The highest BCUT2D eigenvalue weighted by molar-refractivity contribution is 6.41. The number of rotatable bonds is 2. The topological polar surface area (TPSA) is 59.9 Å². The highest BCUT2D eigenvalue weighted by Crippen LogP contribution is 2.31. The van der Waals surface area contributed by atoms with Crippen LogP contribution in [0.4, 0.5) is 0 Å². The molecule has 1 aromatic heterocycles. The van der Waals surface area contributed by atoms with Gasteiger partial charge in [-0.15, -0.1) is 0 Å². The molecule has 0 spiro atoms. The van der Waals surface area contributed by atoms with Crippen LogP contribution in [0.3, 0.4) is 0 Å². The molecule has 0 fully saturated rings. The standard InChI is InChI=1S/C11H8Cl2N2O/c12-6-1-2-10-8(3-6)9(11(16)15-10)4-7(13)5-14/h1-5,14-16H/b7-4+,14-5?. The molecule has 0 saturated heterocycles. The van der Waals surface area contributed by atoms with Crippen molar-refractivity contribution in [1.82, 2.24) is 4.98 Å². The van der Waals surface area contributed by atoms with Gasteiger partial charge in [0.2, 0.25) is 0 Å². The van der Waals surface area contributed by atoms with Crippen LogP contribution in [0.5, 0.6) is 5.88 Å². The Morgan fingerprint density at radius 2 is 2.19 bits per heavy atom. The molecule has 0 aliphatic heterocycles. The summed E-state index contributed by atoms with van der Waals surface area (Å²) in [5.41, 5.74) is 1.30. The number of benzene rings is 1. The van der Waals surface area contributed by atoms with Gasteiger partial charge in [-0.3, -0.25) is 0 Å². The first-order valence-corrected chi connectivity index (χ1v) is 5.25. The number of nitrogens with one attached hydrogen (secondary N) is 2. The number of allylic oxidation sites excluding steroid dienone is 1. The van der Waals surface area contributed by atoms with E-state index < -0.39 is 0 Å². The Bertz CT molecular complexity index is 587. The molecule has 0 unspecified atom stereocenters. The number of fused-ring (bicyclic) bond motifs is 1. The van der Waals surface area contributed by atoms with Gasteiger partial charge < -0.3 is 15.5 Å². The number of aromatic amines is 1. The van der Waals surface area contributed by atoms with Gasteiger partial charge in [0.15, 0.2) is 5.88 Å². The molecule has 0 atom stereocenters. The molecule has 1 aromatic carbocycles. The minimum absolute atomic E-state index is 0.0114. The summed E-state index contributed by atoms with van der Waals surface area (Å²) in [4.78, 5) is 2.80. The summed E-state index contributed by atoms with van der Waals surface area (Å²) in [6, 6.07) is 5.23. The van der Waals surface area contributed by atoms with Crippen LogP contribution in [0.15, 0.2) is 23.2 Å². The average Bonchev–Trinajstić information content (AvgIpc) is 2.55. The van der Waals surface area contributed by atoms with Crippen molar-refractivity contribution >= 4 is 46.4 Å². The van der Waals surface area contributed by atoms with E-state index in [1.165, 1.54) is 6.08 Å². The van der Waals surface area contributed by atoms with Crippen LogP contribution in [0.2, 0.25) is 5.02 Å². The predicted molar refractivity (Wildman–Crippen MR) is 67.6 cm³/mol. The summed E-state index contributed by atoms with van der Waals surface area (Å²) in [6.07, 6.45) is 2.52. The van der Waals surface area contributed by atoms with Crippen LogP contribution in [0.1, 0.15) is 5.56 Å². The van der Waals surface area contributed by atoms with E-state index in [2.05, 4.69) is 4.98 Å². The fraction of sp³-hybridized carbons (Fsp3) is 0. The van der Waals surface area contributed by atoms with E-state index >= 15 is 0 Å². The molecule has 0 amide bonds. The minimum atomic E-state index is 0.0114. The van der Waals surface area contributed by atoms with E-state index in [0.29, 0.717) is 10.6 Å². The second-order valence-electron chi connectivity index (χ2n) is 3.25. The highest BCUT2D eigenvalue weighted by Gasteiger charge is 2.09. The van der Waals surface area contributed by atoms with E-state index in [1.807, 2.05) is 0 Å². The van der Waals surface area contributed by atoms with Gasteiger partial charge in [0.1, 0.15) is 0 Å². The molecule has 82 valence electrons. The Morgan fingerprint density at radius 1 is 1.44 bits per heavy atom. The van der Waals surface area contributed by atoms with Crippen LogP contribution >= 0.6 is 23.2 Å². The van der Waals surface area contributed by atoms with E-state index in [-0.39, 0.29) is 10.9 Å². The van der Waals surface area contributed by atoms with Gasteiger partial charge in [0, 0.05) is 27.7 Å². The molecule has 0 radical (unpaired) electrons. The van der Waals surface area contributed by atoms with Crippen molar-refractivity contribution in [3.05, 3.63) is 33.8 Å². The van der Waals surface area contributed by atoms with Crippen molar-refractivity contribution in [2.24, 2.45) is 0 Å². The van der Waals surface area contributed by atoms with E-state index in [4.69, 9.17) is 28.6 Å². The third kappa shape index (κ3) is 1.92. The fourth-order valence-corrected chi connectivity index (χ4v) is 1.78. The molecule has 0 aliphatic carbocycles. The molecule has 5 heteroatoms. The van der Waals surface area contributed by atoms with Gasteiger partial charge in [-0.2, -0.15) is 0 Å². The number of aromatic nitrogens is 1. The zero-order chi connectivity index (χ0) is 11.7. The van der Waals surface area contributed by atoms with Crippen molar-refractivity contribution in [3.63, 3.8) is 0 Å². The normalized spacial score (nSPS) is 12.0. The van der Waals surface area contributed by atoms with Crippen molar-refractivity contribution in [3.8, 4) is 5.88 Å². The third-order valence-electron chi connectivity index (χ3n) is 2.20. The highest BCUT2D eigenvalue weighted by atomic mass is 35.5. The second kappa shape index (κ2) is 4.20. The van der Waals surface area contributed by atoms with E-state index in [1.54, 1.807) is 18.2 Å². The lowest BCUT2D eigenvalue weighted by Gasteiger charge is -1.94. The van der Waals surface area contributed by atoms with Gasteiger partial charge in [-0.25, -0.2) is 0 Å². The maximum absolute atomic E-state index is 9.69. The lowest BCUT2D eigenvalue weighted by atomic mass is 10.1. The first kappa shape index (κ1) is 11.0. The zero-order valence-corrected chi connectivity index (χ0v) is 9.60. The van der Waals surface area contributed by atoms with Crippen molar-refractivity contribution in [1.29, 1.82) is 5.41 Å². The molecule has 3 nitrogen and oxygen atoms in total. The van der Waals surface area contributed by atoms with Gasteiger partial charge in [0.25, 0.3) is 0 Å². The lowest BCUT2D eigenvalue weighted by Crippen LogP contribution is -1.74. The summed E-state index contributed by atoms with van der Waals surface area (Å²) in [6.45, 7) is 0. The lowest BCUT2D eigenvalue weighted by molar-refractivity contribution is 0.457. The average molecular weight is 255 g/mol. The van der Waals surface area contributed by atoms with Crippen molar-refractivity contribution in [2.75, 3.05) is 0 Å². The number of H-pyrrole nitrogens is 1. The molecule has 0 bridgehead atoms. The largest absolute Gasteiger partial charge is 0.494 e. The summed E-state index contributed by atoms with van der Waals surface area (Å²) in [5.74, 6) is 0.0114. The summed E-state index contributed by atoms with van der Waals surface area (Å²) in [5, 5.41) is 18.3. The maximum Gasteiger partial charge on any atom is 0.196 e. The number of aromatic hydroxyl groups is 1. The van der Waals surface area contributed by atoms with Crippen LogP contribution in [0.25, 0.3) is 17.0 Å². The zero-order valence-electron chi connectivity index (χ0n) is 8.09. The Labute approximate surface area is 102 Å². The number of halogens is 2. The number of hydrogen-bond donors (Lipinski definition) is 3. The van der Waals surface area contributed by atoms with Gasteiger partial charge in [-0.1, -0.05) is 23.2 Å². The molecular formula is C11H8Cl2N2O. The molecule has 2 rings (SSSR count). The molecular weight excluding hydrogens is 247 g/mol. The van der Waals surface area contributed by atoms with Crippen LogP contribution < -0.4 is 0 Å². The molecule has 16 heavy (non-hydrogen) atoms. The second-order valence-corrected chi connectivity index (χ2v) is 4.12. The molecule has 3 N–H and O–H groups in total. The van der Waals surface area contributed by atoms with Crippen LogP contribution in [0, 0.1) is 5.41 Å². The monoisotopic (exact) mass is 254 g/mol. The minimum Gasteiger partial charge on any atom is -0.494 e. The summed E-state index contributed by atoms with van der Waals surface area (Å²) < 4.78 is 0. The fourth-order valence-electron chi connectivity index (χ4n) is 1.50. The smallest absolute Gasteiger partial charge is 0.196 e. The quantitative estimate of drug-likeness (QED) is 0.703. The van der Waals surface area contributed by atoms with Crippen molar-refractivity contribution < 1.29 is 5.11 Å². The van der Waals surface area contributed by atoms with E-state index in [9.17, 15) is 5.11 Å². The third-order valence-corrected chi connectivity index (χ3v) is 2.65. The van der Waals surface area contributed by atoms with Gasteiger partial charge in [0.05, 0.1) is 5.03 Å². The molecule has 0 aliphatic rings. The Morgan fingerprint density at radius 3 is 2.88 bits per heavy atom. The van der Waals surface area contributed by atoms with E-state index in [0.717, 1.165) is 17.1 Å². The first-order chi connectivity index (χ1) is 7.61. The SMILES string of the molecule is N=C/C(Cl)=C\c1c(O)[nH]c2ccc(Cl)cc12. The molecule has 0 saturated carbocycles. The number of hydrogen-bond acceptors (Lipinski definition) is 2. The van der Waals surface area contributed by atoms with Crippen molar-refractivity contribution in [2.45, 2.75) is 0 Å². The first-order valence-electron chi connectivity index (χ1n) is 4.49. The van der Waals surface area contributed by atoms with Gasteiger partial charge in [-0.05, 0) is 24.3 Å². The summed E-state index contributed by atoms with van der Waals surface area (Å²) >= 11 is 11.6. The van der Waals surface area contributed by atoms with Crippen LogP contribution in [-0.4, -0.2) is 16.3 Å². The summed E-state index contributed by atoms with van der Waals surface area (Å²) in [7, 11) is 0. The van der Waals surface area contributed by atoms with Gasteiger partial charge >= 0.3 is 0 Å². The molecule has 2 aromatic rings. The Balaban J connectivity index is 2.72. The Kier molecular flexibility index (Phi) is 2.90. The Hall–Kier alpha value is -1.45. The molecule has 1 heterocycles.